The number of rotatable bonds is 1. The molecule has 0 atom stereocenters. The lowest BCUT2D eigenvalue weighted by atomic mass is 10.1. The second kappa shape index (κ2) is 4.26. The van der Waals surface area contributed by atoms with E-state index < -0.39 is 5.92 Å². The van der Waals surface area contributed by atoms with Crippen molar-refractivity contribution in [2.24, 2.45) is 0 Å². The minimum Gasteiger partial charge on any atom is -0.253 e. The number of nitriles is 2. The van der Waals surface area contributed by atoms with Crippen LogP contribution in [-0.2, 0) is 0 Å². The van der Waals surface area contributed by atoms with Crippen LogP contribution in [0.2, 0.25) is 0 Å². The van der Waals surface area contributed by atoms with Crippen molar-refractivity contribution in [2.75, 3.05) is 0 Å². The molecule has 0 aliphatic heterocycles. The summed E-state index contributed by atoms with van der Waals surface area (Å²) in [4.78, 5) is 8.39. The molecule has 0 amide bonds. The number of nitrogens with zero attached hydrogens (tertiary/aromatic N) is 4. The van der Waals surface area contributed by atoms with E-state index in [1.54, 1.807) is 6.07 Å². The molecule has 0 aliphatic rings. The van der Waals surface area contributed by atoms with Gasteiger partial charge in [0.15, 0.2) is 5.92 Å². The van der Waals surface area contributed by atoms with Crippen LogP contribution in [0.4, 0.5) is 0 Å². The Morgan fingerprint density at radius 1 is 1.19 bits per heavy atom. The Kier molecular flexibility index (Phi) is 2.80. The maximum atomic E-state index is 8.76. The van der Waals surface area contributed by atoms with E-state index in [4.69, 9.17) is 10.5 Å². The predicted molar refractivity (Wildman–Crippen MR) is 61.2 cm³/mol. The fraction of sp³-hybridized carbons (Fsp3) is 0.0909. The molecule has 16 heavy (non-hydrogen) atoms. The molecule has 0 N–H and O–H groups in total. The Labute approximate surface area is 100 Å². The third-order valence-corrected chi connectivity index (χ3v) is 2.57. The highest BCUT2D eigenvalue weighted by atomic mass is 79.9. The summed E-state index contributed by atoms with van der Waals surface area (Å²) in [6.45, 7) is 0. The van der Waals surface area contributed by atoms with E-state index in [2.05, 4.69) is 25.9 Å². The molecule has 0 spiro atoms. The number of halogens is 1. The van der Waals surface area contributed by atoms with Gasteiger partial charge < -0.3 is 0 Å². The summed E-state index contributed by atoms with van der Waals surface area (Å²) >= 11 is 3.33. The largest absolute Gasteiger partial charge is 0.253 e. The lowest BCUT2D eigenvalue weighted by molar-refractivity contribution is 1.01. The molecule has 0 fully saturated rings. The lowest BCUT2D eigenvalue weighted by Crippen LogP contribution is -1.97. The summed E-state index contributed by atoms with van der Waals surface area (Å²) in [7, 11) is 0. The zero-order valence-electron chi connectivity index (χ0n) is 8.05. The van der Waals surface area contributed by atoms with Gasteiger partial charge in [-0.2, -0.15) is 10.5 Å². The number of benzene rings is 1. The van der Waals surface area contributed by atoms with Gasteiger partial charge in [0.2, 0.25) is 0 Å². The second-order valence-corrected chi connectivity index (χ2v) is 4.03. The second-order valence-electron chi connectivity index (χ2n) is 3.12. The molecular weight excluding hydrogens is 268 g/mol. The van der Waals surface area contributed by atoms with Crippen molar-refractivity contribution in [3.63, 3.8) is 0 Å². The molecule has 0 radical (unpaired) electrons. The van der Waals surface area contributed by atoms with E-state index in [9.17, 15) is 0 Å². The van der Waals surface area contributed by atoms with Crippen LogP contribution in [0.15, 0.2) is 28.9 Å². The van der Waals surface area contributed by atoms with E-state index in [0.29, 0.717) is 11.2 Å². The Hall–Kier alpha value is -1.98. The summed E-state index contributed by atoms with van der Waals surface area (Å²) in [5.41, 5.74) is 1.79. The zero-order chi connectivity index (χ0) is 11.5. The first-order valence-electron chi connectivity index (χ1n) is 4.46. The van der Waals surface area contributed by atoms with Crippen molar-refractivity contribution < 1.29 is 0 Å². The van der Waals surface area contributed by atoms with Gasteiger partial charge in [0.25, 0.3) is 0 Å². The average Bonchev–Trinajstić information content (AvgIpc) is 2.30. The van der Waals surface area contributed by atoms with Gasteiger partial charge in [-0.3, -0.25) is 4.98 Å². The van der Waals surface area contributed by atoms with Crippen molar-refractivity contribution >= 4 is 27.0 Å². The lowest BCUT2D eigenvalue weighted by Gasteiger charge is -2.01. The summed E-state index contributed by atoms with van der Waals surface area (Å²) in [6.07, 6.45) is 1.47. The van der Waals surface area contributed by atoms with Gasteiger partial charge in [-0.25, -0.2) is 4.98 Å². The fourth-order valence-corrected chi connectivity index (χ4v) is 1.65. The van der Waals surface area contributed by atoms with E-state index in [1.165, 1.54) is 6.20 Å². The highest BCUT2D eigenvalue weighted by Crippen LogP contribution is 2.19. The van der Waals surface area contributed by atoms with Crippen LogP contribution < -0.4 is 0 Å². The van der Waals surface area contributed by atoms with Crippen LogP contribution in [0.5, 0.6) is 0 Å². The topological polar surface area (TPSA) is 73.4 Å². The van der Waals surface area contributed by atoms with Crippen molar-refractivity contribution in [1.82, 2.24) is 9.97 Å². The summed E-state index contributed by atoms with van der Waals surface area (Å²) in [6, 6.07) is 9.23. The molecule has 0 saturated heterocycles. The number of aromatic nitrogens is 2. The molecule has 0 saturated carbocycles. The Balaban J connectivity index is 2.60. The zero-order valence-corrected chi connectivity index (χ0v) is 9.64. The molecule has 2 rings (SSSR count). The van der Waals surface area contributed by atoms with E-state index in [1.807, 2.05) is 24.3 Å². The van der Waals surface area contributed by atoms with Crippen LogP contribution in [0.1, 0.15) is 11.6 Å². The van der Waals surface area contributed by atoms with Gasteiger partial charge >= 0.3 is 0 Å². The predicted octanol–water partition coefficient (Wildman–Crippen LogP) is 2.52. The molecular formula is C11H5BrN4. The van der Waals surface area contributed by atoms with E-state index in [0.717, 1.165) is 9.99 Å². The average molecular weight is 273 g/mol. The molecule has 0 unspecified atom stereocenters. The van der Waals surface area contributed by atoms with Gasteiger partial charge in [0, 0.05) is 4.47 Å². The molecule has 5 heteroatoms. The summed E-state index contributed by atoms with van der Waals surface area (Å²) in [5, 5.41) is 17.5. The Morgan fingerprint density at radius 2 is 1.94 bits per heavy atom. The Morgan fingerprint density at radius 3 is 2.62 bits per heavy atom. The maximum absolute atomic E-state index is 8.76. The summed E-state index contributed by atoms with van der Waals surface area (Å²) in [5.74, 6) is -0.865. The minimum absolute atomic E-state index is 0.385. The fourth-order valence-electron chi connectivity index (χ4n) is 1.30. The van der Waals surface area contributed by atoms with Crippen LogP contribution in [0.3, 0.4) is 0 Å². The van der Waals surface area contributed by atoms with Gasteiger partial charge in [-0.1, -0.05) is 15.9 Å². The van der Waals surface area contributed by atoms with Crippen molar-refractivity contribution in [3.8, 4) is 12.1 Å². The highest BCUT2D eigenvalue weighted by molar-refractivity contribution is 9.10. The van der Waals surface area contributed by atoms with Crippen molar-refractivity contribution in [1.29, 1.82) is 10.5 Å². The maximum Gasteiger partial charge on any atom is 0.176 e. The number of hydrogen-bond acceptors (Lipinski definition) is 4. The van der Waals surface area contributed by atoms with Gasteiger partial charge in [-0.15, -0.1) is 0 Å². The third-order valence-electron chi connectivity index (χ3n) is 2.08. The monoisotopic (exact) mass is 272 g/mol. The normalized spacial score (nSPS) is 10.0. The first-order valence-corrected chi connectivity index (χ1v) is 5.25. The minimum atomic E-state index is -0.865. The van der Waals surface area contributed by atoms with E-state index >= 15 is 0 Å². The molecule has 1 aromatic heterocycles. The van der Waals surface area contributed by atoms with Crippen molar-refractivity contribution in [3.05, 3.63) is 34.6 Å². The van der Waals surface area contributed by atoms with Crippen molar-refractivity contribution in [2.45, 2.75) is 5.92 Å². The highest BCUT2D eigenvalue weighted by Gasteiger charge is 2.11. The van der Waals surface area contributed by atoms with Crippen LogP contribution in [-0.4, -0.2) is 9.97 Å². The van der Waals surface area contributed by atoms with Gasteiger partial charge in [-0.05, 0) is 18.2 Å². The summed E-state index contributed by atoms with van der Waals surface area (Å²) < 4.78 is 0.886. The molecule has 0 bridgehead atoms. The van der Waals surface area contributed by atoms with Crippen LogP contribution in [0.25, 0.3) is 11.0 Å². The Bertz CT molecular complexity index is 610. The molecule has 1 heterocycles. The molecule has 4 nitrogen and oxygen atoms in total. The molecule has 0 aliphatic carbocycles. The standard InChI is InChI=1S/C11H5BrN4/c12-8-1-2-9-10(3-8)16-11(6-15-9)7(4-13)5-14/h1-3,6-7H. The SMILES string of the molecule is N#CC(C#N)c1cnc2ccc(Br)cc2n1. The third kappa shape index (κ3) is 1.86. The number of fused-ring (bicyclic) bond motifs is 1. The molecule has 1 aromatic carbocycles. The van der Waals surface area contributed by atoms with Crippen LogP contribution >= 0.6 is 15.9 Å². The first kappa shape index (κ1) is 10.5. The van der Waals surface area contributed by atoms with Crippen LogP contribution in [0, 0.1) is 22.7 Å². The first-order chi connectivity index (χ1) is 7.74. The van der Waals surface area contributed by atoms with E-state index in [-0.39, 0.29) is 0 Å². The smallest absolute Gasteiger partial charge is 0.176 e. The van der Waals surface area contributed by atoms with Gasteiger partial charge in [0.05, 0.1) is 35.1 Å². The molecule has 2 aromatic rings. The number of hydrogen-bond donors (Lipinski definition) is 0. The molecule has 76 valence electrons. The van der Waals surface area contributed by atoms with Gasteiger partial charge in [0.1, 0.15) is 0 Å². The quantitative estimate of drug-likeness (QED) is 0.800.